The zero-order valence-electron chi connectivity index (χ0n) is 18.0. The van der Waals surface area contributed by atoms with E-state index in [0.29, 0.717) is 18.9 Å². The largest absolute Gasteiger partial charge is 0.354 e. The number of nitrogens with zero attached hydrogens (tertiary/aromatic N) is 1. The maximum absolute atomic E-state index is 14.3. The molecule has 1 N–H and O–H groups in total. The highest BCUT2D eigenvalue weighted by molar-refractivity contribution is 6.31. The van der Waals surface area contributed by atoms with Gasteiger partial charge in [-0.2, -0.15) is 0 Å². The maximum Gasteiger partial charge on any atom is 0.242 e. The van der Waals surface area contributed by atoms with Crippen molar-refractivity contribution in [2.24, 2.45) is 5.92 Å². The summed E-state index contributed by atoms with van der Waals surface area (Å²) >= 11 is 6.13. The maximum atomic E-state index is 14.3. The fourth-order valence-electron chi connectivity index (χ4n) is 3.19. The van der Waals surface area contributed by atoms with Crippen LogP contribution in [0.25, 0.3) is 0 Å². The lowest BCUT2D eigenvalue weighted by Crippen LogP contribution is -2.50. The lowest BCUT2D eigenvalue weighted by Gasteiger charge is -2.31. The van der Waals surface area contributed by atoms with E-state index in [-0.39, 0.29) is 35.4 Å². The van der Waals surface area contributed by atoms with Crippen LogP contribution < -0.4 is 5.32 Å². The molecule has 0 aliphatic rings. The molecule has 0 spiro atoms. The van der Waals surface area contributed by atoms with Gasteiger partial charge in [0.2, 0.25) is 11.8 Å². The van der Waals surface area contributed by atoms with Crippen LogP contribution in [-0.2, 0) is 22.6 Å². The molecule has 2 rings (SSSR count). The molecule has 0 saturated heterocycles. The second-order valence-electron chi connectivity index (χ2n) is 7.95. The number of amides is 2. The summed E-state index contributed by atoms with van der Waals surface area (Å²) in [4.78, 5) is 27.6. The Kier molecular flexibility index (Phi) is 8.85. The Labute approximate surface area is 183 Å². The molecule has 0 bridgehead atoms. The molecule has 0 aliphatic heterocycles. The van der Waals surface area contributed by atoms with Gasteiger partial charge in [-0.1, -0.05) is 68.3 Å². The molecular weight excluding hydrogens is 403 g/mol. The van der Waals surface area contributed by atoms with Crippen LogP contribution in [0, 0.1) is 18.7 Å². The third-order valence-corrected chi connectivity index (χ3v) is 5.29. The molecule has 1 unspecified atom stereocenters. The molecular formula is C24H30ClFN2O2. The second-order valence-corrected chi connectivity index (χ2v) is 8.35. The Hall–Kier alpha value is -2.40. The predicted molar refractivity (Wildman–Crippen MR) is 119 cm³/mol. The van der Waals surface area contributed by atoms with E-state index >= 15 is 0 Å². The monoisotopic (exact) mass is 432 g/mol. The number of hydrogen-bond donors (Lipinski definition) is 1. The van der Waals surface area contributed by atoms with Crippen molar-refractivity contribution < 1.29 is 14.0 Å². The minimum Gasteiger partial charge on any atom is -0.354 e. The van der Waals surface area contributed by atoms with Gasteiger partial charge in [-0.05, 0) is 37.0 Å². The van der Waals surface area contributed by atoms with E-state index in [1.54, 1.807) is 6.07 Å². The van der Waals surface area contributed by atoms with Crippen molar-refractivity contribution in [3.8, 4) is 0 Å². The average Bonchev–Trinajstić information content (AvgIpc) is 2.70. The molecule has 0 heterocycles. The van der Waals surface area contributed by atoms with Gasteiger partial charge in [0.1, 0.15) is 11.9 Å². The standard InChI is InChI=1S/C24H30ClFN2O2/c1-5-22(24(30)27-14-16(2)3)28(15-18-11-9-17(4)10-12-18)23(29)13-19-20(25)7-6-8-21(19)26/h6-12,16,22H,5,13-15H2,1-4H3,(H,27,30). The average molecular weight is 433 g/mol. The van der Waals surface area contributed by atoms with E-state index in [2.05, 4.69) is 5.32 Å². The second kappa shape index (κ2) is 11.1. The minimum atomic E-state index is -0.650. The van der Waals surface area contributed by atoms with Crippen molar-refractivity contribution in [3.63, 3.8) is 0 Å². The number of rotatable bonds is 9. The quantitative estimate of drug-likeness (QED) is 0.612. The van der Waals surface area contributed by atoms with Gasteiger partial charge in [0, 0.05) is 23.7 Å². The number of carbonyl (C=O) groups excluding carboxylic acids is 2. The molecule has 2 aromatic rings. The van der Waals surface area contributed by atoms with E-state index < -0.39 is 11.9 Å². The van der Waals surface area contributed by atoms with Crippen molar-refractivity contribution in [1.82, 2.24) is 10.2 Å². The first kappa shape index (κ1) is 23.9. The van der Waals surface area contributed by atoms with Gasteiger partial charge in [0.05, 0.1) is 6.42 Å². The lowest BCUT2D eigenvalue weighted by atomic mass is 10.1. The fraction of sp³-hybridized carbons (Fsp3) is 0.417. The number of nitrogens with one attached hydrogen (secondary N) is 1. The molecule has 1 atom stereocenters. The topological polar surface area (TPSA) is 49.4 Å². The van der Waals surface area contributed by atoms with E-state index in [1.807, 2.05) is 52.0 Å². The van der Waals surface area contributed by atoms with Gasteiger partial charge in [0.15, 0.2) is 0 Å². The summed E-state index contributed by atoms with van der Waals surface area (Å²) in [5.74, 6) is -0.770. The zero-order chi connectivity index (χ0) is 22.3. The van der Waals surface area contributed by atoms with Gasteiger partial charge < -0.3 is 10.2 Å². The molecule has 0 aliphatic carbocycles. The van der Waals surface area contributed by atoms with Crippen LogP contribution in [0.5, 0.6) is 0 Å². The van der Waals surface area contributed by atoms with Crippen molar-refractivity contribution >= 4 is 23.4 Å². The molecule has 0 radical (unpaired) electrons. The molecule has 2 aromatic carbocycles. The Morgan fingerprint density at radius 1 is 1.13 bits per heavy atom. The number of benzene rings is 2. The Balaban J connectivity index is 2.32. The minimum absolute atomic E-state index is 0.149. The highest BCUT2D eigenvalue weighted by Gasteiger charge is 2.29. The van der Waals surface area contributed by atoms with E-state index in [4.69, 9.17) is 11.6 Å². The van der Waals surface area contributed by atoms with Crippen LogP contribution >= 0.6 is 11.6 Å². The van der Waals surface area contributed by atoms with Crippen molar-refractivity contribution in [2.45, 2.75) is 53.1 Å². The number of carbonyl (C=O) groups is 2. The summed E-state index contributed by atoms with van der Waals surface area (Å²) < 4.78 is 14.3. The first-order valence-electron chi connectivity index (χ1n) is 10.3. The van der Waals surface area contributed by atoms with Crippen LogP contribution in [0.4, 0.5) is 4.39 Å². The van der Waals surface area contributed by atoms with Crippen LogP contribution in [0.15, 0.2) is 42.5 Å². The summed E-state index contributed by atoms with van der Waals surface area (Å²) in [6, 6.07) is 11.5. The summed E-state index contributed by atoms with van der Waals surface area (Å²) in [6.07, 6.45) is 0.248. The highest BCUT2D eigenvalue weighted by atomic mass is 35.5. The predicted octanol–water partition coefficient (Wildman–Crippen LogP) is 4.91. The molecule has 0 fully saturated rings. The summed E-state index contributed by atoms with van der Waals surface area (Å²) in [6.45, 7) is 8.67. The van der Waals surface area contributed by atoms with Crippen molar-refractivity contribution in [3.05, 3.63) is 70.0 Å². The van der Waals surface area contributed by atoms with Crippen LogP contribution in [-0.4, -0.2) is 29.3 Å². The number of hydrogen-bond acceptors (Lipinski definition) is 2. The lowest BCUT2D eigenvalue weighted by molar-refractivity contribution is -0.141. The molecule has 162 valence electrons. The zero-order valence-corrected chi connectivity index (χ0v) is 18.8. The third kappa shape index (κ3) is 6.56. The Morgan fingerprint density at radius 3 is 2.37 bits per heavy atom. The fourth-order valence-corrected chi connectivity index (χ4v) is 3.42. The molecule has 30 heavy (non-hydrogen) atoms. The van der Waals surface area contributed by atoms with E-state index in [9.17, 15) is 14.0 Å². The Morgan fingerprint density at radius 2 is 1.80 bits per heavy atom. The third-order valence-electron chi connectivity index (χ3n) is 4.93. The summed E-state index contributed by atoms with van der Waals surface area (Å²) in [7, 11) is 0. The molecule has 6 heteroatoms. The molecule has 0 aromatic heterocycles. The summed E-state index contributed by atoms with van der Waals surface area (Å²) in [5.41, 5.74) is 2.16. The van der Waals surface area contributed by atoms with Gasteiger partial charge in [-0.15, -0.1) is 0 Å². The van der Waals surface area contributed by atoms with Gasteiger partial charge in [-0.3, -0.25) is 9.59 Å². The first-order chi connectivity index (χ1) is 14.2. The van der Waals surface area contributed by atoms with Crippen molar-refractivity contribution in [1.29, 1.82) is 0 Å². The van der Waals surface area contributed by atoms with E-state index in [0.717, 1.165) is 11.1 Å². The van der Waals surface area contributed by atoms with E-state index in [1.165, 1.54) is 17.0 Å². The highest BCUT2D eigenvalue weighted by Crippen LogP contribution is 2.22. The number of aryl methyl sites for hydroxylation is 1. The smallest absolute Gasteiger partial charge is 0.242 e. The van der Waals surface area contributed by atoms with Crippen LogP contribution in [0.2, 0.25) is 5.02 Å². The van der Waals surface area contributed by atoms with Gasteiger partial charge in [-0.25, -0.2) is 4.39 Å². The molecule has 4 nitrogen and oxygen atoms in total. The van der Waals surface area contributed by atoms with Gasteiger partial charge >= 0.3 is 0 Å². The molecule has 0 saturated carbocycles. The van der Waals surface area contributed by atoms with Gasteiger partial charge in [0.25, 0.3) is 0 Å². The molecule has 2 amide bonds. The van der Waals surface area contributed by atoms with Crippen LogP contribution in [0.1, 0.15) is 43.9 Å². The first-order valence-corrected chi connectivity index (χ1v) is 10.7. The van der Waals surface area contributed by atoms with Crippen LogP contribution in [0.3, 0.4) is 0 Å². The number of halogens is 2. The van der Waals surface area contributed by atoms with Crippen molar-refractivity contribution in [2.75, 3.05) is 6.54 Å². The Bertz CT molecular complexity index is 848. The summed E-state index contributed by atoms with van der Waals surface area (Å²) in [5, 5.41) is 3.12. The normalized spacial score (nSPS) is 12.0. The SMILES string of the molecule is CCC(C(=O)NCC(C)C)N(Cc1ccc(C)cc1)C(=O)Cc1c(F)cccc1Cl.